The normalized spacial score (nSPS) is 28.5. The molecule has 1 aliphatic heterocycles. The van der Waals surface area contributed by atoms with Crippen LogP contribution in [-0.4, -0.2) is 55.9 Å². The predicted octanol–water partition coefficient (Wildman–Crippen LogP) is 3.66. The predicted molar refractivity (Wildman–Crippen MR) is 120 cm³/mol. The number of anilines is 1. The van der Waals surface area contributed by atoms with Crippen LogP contribution in [0, 0.1) is 11.8 Å². The van der Waals surface area contributed by atoms with E-state index < -0.39 is 18.2 Å². The second-order valence-corrected chi connectivity index (χ2v) is 9.70. The zero-order valence-electron chi connectivity index (χ0n) is 18.6. The van der Waals surface area contributed by atoms with Gasteiger partial charge >= 0.3 is 6.18 Å². The topological polar surface area (TPSA) is 88.7 Å². The molecule has 0 bridgehead atoms. The molecule has 7 nitrogen and oxygen atoms in total. The van der Waals surface area contributed by atoms with Crippen molar-refractivity contribution in [1.82, 2.24) is 10.6 Å². The largest absolute Gasteiger partial charge is 0.485 e. The molecule has 2 aliphatic carbocycles. The number of benzene rings is 1. The Balaban J connectivity index is 1.10. The Hall–Kier alpha value is -2.20. The molecule has 1 unspecified atom stereocenters. The fourth-order valence-electron chi connectivity index (χ4n) is 4.59. The van der Waals surface area contributed by atoms with Gasteiger partial charge in [-0.15, -0.1) is 0 Å². The average Bonchev–Trinajstić information content (AvgIpc) is 2.76. The van der Waals surface area contributed by atoms with E-state index in [9.17, 15) is 22.8 Å². The number of alkyl halides is 3. The first-order chi connectivity index (χ1) is 16.2. The molecule has 2 amide bonds. The van der Waals surface area contributed by atoms with Crippen molar-refractivity contribution in [3.63, 3.8) is 0 Å². The van der Waals surface area contributed by atoms with Crippen LogP contribution in [0.5, 0.6) is 5.75 Å². The van der Waals surface area contributed by atoms with Gasteiger partial charge in [-0.2, -0.15) is 13.2 Å². The molecule has 2 fully saturated rings. The maximum Gasteiger partial charge on any atom is 0.392 e. The quantitative estimate of drug-likeness (QED) is 0.528. The van der Waals surface area contributed by atoms with Crippen LogP contribution in [0.2, 0.25) is 5.02 Å². The van der Waals surface area contributed by atoms with Crippen LogP contribution < -0.4 is 20.7 Å². The van der Waals surface area contributed by atoms with E-state index in [2.05, 4.69) is 16.0 Å². The highest BCUT2D eigenvalue weighted by molar-refractivity contribution is 6.30. The summed E-state index contributed by atoms with van der Waals surface area (Å²) >= 11 is 5.98. The molecule has 1 aromatic rings. The van der Waals surface area contributed by atoms with Gasteiger partial charge in [-0.25, -0.2) is 0 Å². The van der Waals surface area contributed by atoms with Crippen molar-refractivity contribution in [1.29, 1.82) is 0 Å². The van der Waals surface area contributed by atoms with Gasteiger partial charge in [-0.05, 0) is 56.7 Å². The third-order valence-corrected chi connectivity index (χ3v) is 6.97. The first kappa shape index (κ1) is 24.9. The number of rotatable bonds is 7. The van der Waals surface area contributed by atoms with Crippen molar-refractivity contribution in [3.8, 4) is 5.75 Å². The summed E-state index contributed by atoms with van der Waals surface area (Å²) in [5, 5.41) is 9.70. The highest BCUT2D eigenvalue weighted by Crippen LogP contribution is 2.42. The van der Waals surface area contributed by atoms with Crippen molar-refractivity contribution in [3.05, 3.63) is 23.2 Å². The minimum atomic E-state index is -4.19. The van der Waals surface area contributed by atoms with E-state index in [4.69, 9.17) is 21.1 Å². The number of carbonyl (C=O) groups is 2. The second-order valence-electron chi connectivity index (χ2n) is 9.27. The zero-order valence-corrected chi connectivity index (χ0v) is 19.4. The summed E-state index contributed by atoms with van der Waals surface area (Å²) in [6.45, 7) is 0.713. The van der Waals surface area contributed by atoms with E-state index >= 15 is 0 Å². The Kier molecular flexibility index (Phi) is 7.77. The van der Waals surface area contributed by atoms with Gasteiger partial charge in [0.25, 0.3) is 0 Å². The molecule has 0 spiro atoms. The molecule has 188 valence electrons. The lowest BCUT2D eigenvalue weighted by Crippen LogP contribution is -2.46. The molecule has 2 saturated carbocycles. The maximum absolute atomic E-state index is 12.6. The van der Waals surface area contributed by atoms with Crippen molar-refractivity contribution in [2.75, 3.05) is 25.0 Å². The van der Waals surface area contributed by atoms with E-state index in [0.29, 0.717) is 49.5 Å². The first-order valence-corrected chi connectivity index (χ1v) is 12.0. The van der Waals surface area contributed by atoms with Gasteiger partial charge in [-0.1, -0.05) is 11.6 Å². The lowest BCUT2D eigenvalue weighted by atomic mass is 9.82. The summed E-state index contributed by atoms with van der Waals surface area (Å²) < 4.78 is 48.7. The lowest BCUT2D eigenvalue weighted by Gasteiger charge is -2.36. The summed E-state index contributed by atoms with van der Waals surface area (Å²) in [4.78, 5) is 24.7. The maximum atomic E-state index is 12.6. The Bertz CT molecular complexity index is 887. The van der Waals surface area contributed by atoms with Gasteiger partial charge in [-0.3, -0.25) is 9.59 Å². The molecule has 34 heavy (non-hydrogen) atoms. The summed E-state index contributed by atoms with van der Waals surface area (Å²) in [6.07, 6.45) is -2.41. The molecule has 0 aromatic heterocycles. The van der Waals surface area contributed by atoms with Crippen LogP contribution >= 0.6 is 11.6 Å². The van der Waals surface area contributed by atoms with E-state index in [1.165, 1.54) is 0 Å². The standard InChI is InChI=1S/C23H29ClF3N3O4/c24-15-3-6-20-19(9-15)28-10-18(34-20)11-29-22(32)13-1-4-16(5-2-13)30-21(31)12-33-17-7-14(8-17)23(25,26)27/h3,6,9,13-14,16-18,28H,1-2,4-5,7-8,10-12H2,(H,29,32)(H,30,31)/t13-,14-,16-,17+,18?. The fourth-order valence-corrected chi connectivity index (χ4v) is 4.76. The molecule has 1 atom stereocenters. The molecule has 0 radical (unpaired) electrons. The first-order valence-electron chi connectivity index (χ1n) is 11.6. The van der Waals surface area contributed by atoms with Crippen LogP contribution in [0.15, 0.2) is 18.2 Å². The third-order valence-electron chi connectivity index (χ3n) is 6.73. The molecular weight excluding hydrogens is 475 g/mol. The van der Waals surface area contributed by atoms with Gasteiger partial charge in [0.2, 0.25) is 11.8 Å². The van der Waals surface area contributed by atoms with E-state index in [1.54, 1.807) is 18.2 Å². The SMILES string of the molecule is O=C(CO[C@H]1C[C@@H](C(F)(F)F)C1)N[C@H]1CC[C@H](C(=O)NCC2CNc3cc(Cl)ccc3O2)CC1. The fraction of sp³-hybridized carbons (Fsp3) is 0.652. The number of fused-ring (bicyclic) bond motifs is 1. The number of halogens is 4. The van der Waals surface area contributed by atoms with E-state index in [1.807, 2.05) is 0 Å². The van der Waals surface area contributed by atoms with Crippen molar-refractivity contribution in [2.45, 2.75) is 63.0 Å². The van der Waals surface area contributed by atoms with Crippen molar-refractivity contribution in [2.24, 2.45) is 11.8 Å². The minimum Gasteiger partial charge on any atom is -0.485 e. The van der Waals surface area contributed by atoms with Crippen LogP contribution in [0.4, 0.5) is 18.9 Å². The molecule has 3 N–H and O–H groups in total. The minimum absolute atomic E-state index is 0.0252. The molecule has 11 heteroatoms. The number of hydrogen-bond donors (Lipinski definition) is 3. The number of hydrogen-bond acceptors (Lipinski definition) is 5. The average molecular weight is 504 g/mol. The summed E-state index contributed by atoms with van der Waals surface area (Å²) in [5.41, 5.74) is 0.832. The Labute approximate surface area is 201 Å². The highest BCUT2D eigenvalue weighted by atomic mass is 35.5. The van der Waals surface area contributed by atoms with Gasteiger partial charge in [0.15, 0.2) is 0 Å². The van der Waals surface area contributed by atoms with Gasteiger partial charge in [0.05, 0.1) is 30.8 Å². The van der Waals surface area contributed by atoms with Crippen LogP contribution in [-0.2, 0) is 14.3 Å². The number of ether oxygens (including phenoxy) is 2. The zero-order chi connectivity index (χ0) is 24.3. The summed E-state index contributed by atoms with van der Waals surface area (Å²) in [6, 6.07) is 5.29. The van der Waals surface area contributed by atoms with Crippen molar-refractivity contribution < 1.29 is 32.2 Å². The molecule has 3 aliphatic rings. The third kappa shape index (κ3) is 6.47. The Morgan fingerprint density at radius 3 is 2.62 bits per heavy atom. The summed E-state index contributed by atoms with van der Waals surface area (Å²) in [5.74, 6) is -1.10. The van der Waals surface area contributed by atoms with Crippen LogP contribution in [0.1, 0.15) is 38.5 Å². The van der Waals surface area contributed by atoms with Crippen molar-refractivity contribution >= 4 is 29.1 Å². The number of nitrogens with one attached hydrogen (secondary N) is 3. The smallest absolute Gasteiger partial charge is 0.392 e. The van der Waals surface area contributed by atoms with Crippen LogP contribution in [0.25, 0.3) is 0 Å². The van der Waals surface area contributed by atoms with Gasteiger partial charge < -0.3 is 25.4 Å². The van der Waals surface area contributed by atoms with Crippen LogP contribution in [0.3, 0.4) is 0 Å². The van der Waals surface area contributed by atoms with E-state index in [0.717, 1.165) is 5.69 Å². The lowest BCUT2D eigenvalue weighted by molar-refractivity contribution is -0.219. The monoisotopic (exact) mass is 503 g/mol. The molecule has 0 saturated heterocycles. The molecule has 1 heterocycles. The number of amides is 2. The molecule has 4 rings (SSSR count). The summed E-state index contributed by atoms with van der Waals surface area (Å²) in [7, 11) is 0. The number of carbonyl (C=O) groups excluding carboxylic acids is 2. The van der Waals surface area contributed by atoms with Gasteiger partial charge in [0.1, 0.15) is 18.5 Å². The second kappa shape index (κ2) is 10.6. The van der Waals surface area contributed by atoms with E-state index in [-0.39, 0.29) is 49.3 Å². The molecular formula is C23H29ClF3N3O4. The Morgan fingerprint density at radius 2 is 1.91 bits per heavy atom. The molecule has 1 aromatic carbocycles. The Morgan fingerprint density at radius 1 is 1.18 bits per heavy atom. The van der Waals surface area contributed by atoms with Gasteiger partial charge in [0, 0.05) is 17.0 Å². The highest BCUT2D eigenvalue weighted by Gasteiger charge is 2.48.